The average molecular weight is 357 g/mol. The summed E-state index contributed by atoms with van der Waals surface area (Å²) in [5.74, 6) is -0.0847. The Labute approximate surface area is 153 Å². The van der Waals surface area contributed by atoms with Crippen molar-refractivity contribution in [2.75, 3.05) is 13.7 Å². The molecule has 2 atom stereocenters. The predicted molar refractivity (Wildman–Crippen MR) is 98.4 cm³/mol. The molecule has 6 heteroatoms. The van der Waals surface area contributed by atoms with Gasteiger partial charge in [0.05, 0.1) is 24.4 Å². The van der Waals surface area contributed by atoms with E-state index in [-0.39, 0.29) is 23.6 Å². The van der Waals surface area contributed by atoms with Crippen LogP contribution in [0.2, 0.25) is 0 Å². The second-order valence-electron chi connectivity index (χ2n) is 7.12. The number of aromatic nitrogens is 1. The van der Waals surface area contributed by atoms with Gasteiger partial charge in [-0.15, -0.1) is 0 Å². The first-order valence-electron chi connectivity index (χ1n) is 8.78. The molecule has 2 heterocycles. The molecule has 5 nitrogen and oxygen atoms in total. The van der Waals surface area contributed by atoms with Gasteiger partial charge >= 0.3 is 0 Å². The quantitative estimate of drug-likeness (QED) is 0.862. The third kappa shape index (κ3) is 3.70. The zero-order valence-corrected chi connectivity index (χ0v) is 15.3. The van der Waals surface area contributed by atoms with Crippen LogP contribution in [0.3, 0.4) is 0 Å². The van der Waals surface area contributed by atoms with Crippen molar-refractivity contribution in [3.8, 4) is 16.9 Å². The molecule has 0 saturated carbocycles. The molecular weight excluding hydrogens is 333 g/mol. The summed E-state index contributed by atoms with van der Waals surface area (Å²) in [5.41, 5.74) is 8.38. The number of nitrogens with two attached hydrogens (primary N) is 1. The summed E-state index contributed by atoms with van der Waals surface area (Å²) < 4.78 is 20.1. The number of hydrogen-bond donors (Lipinski definition) is 1. The molecule has 1 aromatic carbocycles. The number of fused-ring (bicyclic) bond motifs is 1. The third-order valence-electron chi connectivity index (χ3n) is 4.52. The lowest BCUT2D eigenvalue weighted by molar-refractivity contribution is 0.0817. The number of carbonyl (C=O) groups excluding carboxylic acids is 1. The number of carbonyl (C=O) groups is 1. The van der Waals surface area contributed by atoms with E-state index in [1.807, 2.05) is 13.8 Å². The van der Waals surface area contributed by atoms with Crippen LogP contribution in [0.15, 0.2) is 30.5 Å². The molecule has 0 aliphatic carbocycles. The van der Waals surface area contributed by atoms with E-state index in [0.29, 0.717) is 29.8 Å². The summed E-state index contributed by atoms with van der Waals surface area (Å²) in [6.45, 7) is 4.85. The lowest BCUT2D eigenvalue weighted by Gasteiger charge is -2.16. The van der Waals surface area contributed by atoms with Crippen molar-refractivity contribution in [1.82, 2.24) is 9.88 Å². The van der Waals surface area contributed by atoms with Crippen LogP contribution in [0.25, 0.3) is 11.1 Å². The van der Waals surface area contributed by atoms with Crippen LogP contribution in [0.5, 0.6) is 5.75 Å². The molecule has 0 saturated heterocycles. The first kappa shape index (κ1) is 18.3. The van der Waals surface area contributed by atoms with Gasteiger partial charge in [-0.3, -0.25) is 9.78 Å². The Kier molecular flexibility index (Phi) is 5.23. The SMILES string of the molecule is CC(N)CC(C)COc1ccc(-c2ccnc3c2C(=O)N(C)C3)cc1F. The molecule has 1 aromatic heterocycles. The topological polar surface area (TPSA) is 68.5 Å². The van der Waals surface area contributed by atoms with Gasteiger partial charge in [0.25, 0.3) is 5.91 Å². The molecule has 1 aliphatic heterocycles. The molecule has 2 unspecified atom stereocenters. The van der Waals surface area contributed by atoms with Crippen molar-refractivity contribution in [3.05, 3.63) is 47.5 Å². The highest BCUT2D eigenvalue weighted by atomic mass is 19.1. The van der Waals surface area contributed by atoms with E-state index < -0.39 is 5.82 Å². The Morgan fingerprint density at radius 1 is 1.35 bits per heavy atom. The van der Waals surface area contributed by atoms with Crippen LogP contribution in [0, 0.1) is 11.7 Å². The number of halogens is 1. The van der Waals surface area contributed by atoms with Gasteiger partial charge in [-0.2, -0.15) is 0 Å². The second kappa shape index (κ2) is 7.41. The van der Waals surface area contributed by atoms with Gasteiger partial charge in [-0.05, 0) is 48.6 Å². The van der Waals surface area contributed by atoms with Gasteiger partial charge in [-0.1, -0.05) is 13.0 Å². The summed E-state index contributed by atoms with van der Waals surface area (Å²) in [7, 11) is 1.73. The number of pyridine rings is 1. The van der Waals surface area contributed by atoms with Gasteiger partial charge in [-0.25, -0.2) is 4.39 Å². The number of ether oxygens (including phenoxy) is 1. The standard InChI is InChI=1S/C20H24FN3O2/c1-12(8-13(2)22)11-26-18-5-4-14(9-16(18)21)15-6-7-23-17-10-24(3)20(25)19(15)17/h4-7,9,12-13H,8,10-11,22H2,1-3H3. The summed E-state index contributed by atoms with van der Waals surface area (Å²) in [6.07, 6.45) is 2.47. The Morgan fingerprint density at radius 3 is 2.81 bits per heavy atom. The third-order valence-corrected chi connectivity index (χ3v) is 4.52. The molecule has 2 N–H and O–H groups in total. The van der Waals surface area contributed by atoms with Gasteiger partial charge < -0.3 is 15.4 Å². The maximum absolute atomic E-state index is 14.5. The maximum Gasteiger partial charge on any atom is 0.256 e. The molecule has 3 rings (SSSR count). The van der Waals surface area contributed by atoms with Crippen LogP contribution >= 0.6 is 0 Å². The maximum atomic E-state index is 14.5. The van der Waals surface area contributed by atoms with Crippen molar-refractivity contribution in [2.45, 2.75) is 32.9 Å². The molecule has 1 amide bonds. The van der Waals surface area contributed by atoms with Crippen LogP contribution in [-0.2, 0) is 6.54 Å². The fourth-order valence-electron chi connectivity index (χ4n) is 3.31. The highest BCUT2D eigenvalue weighted by Crippen LogP contribution is 2.33. The summed E-state index contributed by atoms with van der Waals surface area (Å²) in [5, 5.41) is 0. The minimum atomic E-state index is -0.445. The zero-order valence-electron chi connectivity index (χ0n) is 15.3. The highest BCUT2D eigenvalue weighted by Gasteiger charge is 2.29. The summed E-state index contributed by atoms with van der Waals surface area (Å²) in [4.78, 5) is 18.2. The minimum absolute atomic E-state index is 0.0882. The lowest BCUT2D eigenvalue weighted by atomic mass is 9.99. The van der Waals surface area contributed by atoms with Crippen LogP contribution in [-0.4, -0.2) is 35.5 Å². The van der Waals surface area contributed by atoms with Crippen LogP contribution < -0.4 is 10.5 Å². The number of amides is 1. The van der Waals surface area contributed by atoms with Gasteiger partial charge in [0.1, 0.15) is 0 Å². The van der Waals surface area contributed by atoms with Crippen molar-refractivity contribution < 1.29 is 13.9 Å². The largest absolute Gasteiger partial charge is 0.490 e. The van der Waals surface area contributed by atoms with Crippen LogP contribution in [0.4, 0.5) is 4.39 Å². The number of rotatable bonds is 6. The van der Waals surface area contributed by atoms with E-state index in [4.69, 9.17) is 10.5 Å². The molecule has 0 spiro atoms. The predicted octanol–water partition coefficient (Wildman–Crippen LogP) is 3.23. The monoisotopic (exact) mass is 357 g/mol. The number of benzene rings is 1. The first-order valence-corrected chi connectivity index (χ1v) is 8.78. The Balaban J connectivity index is 1.81. The minimum Gasteiger partial charge on any atom is -0.490 e. The average Bonchev–Trinajstić information content (AvgIpc) is 2.87. The van der Waals surface area contributed by atoms with E-state index in [2.05, 4.69) is 4.98 Å². The molecule has 0 bridgehead atoms. The first-order chi connectivity index (χ1) is 12.4. The molecule has 2 aromatic rings. The fourth-order valence-corrected chi connectivity index (χ4v) is 3.31. The lowest BCUT2D eigenvalue weighted by Crippen LogP contribution is -2.21. The Hall–Kier alpha value is -2.47. The zero-order chi connectivity index (χ0) is 18.8. The normalized spacial score (nSPS) is 15.7. The van der Waals surface area contributed by atoms with Gasteiger partial charge in [0.2, 0.25) is 0 Å². The molecule has 138 valence electrons. The van der Waals surface area contributed by atoms with E-state index in [9.17, 15) is 9.18 Å². The summed E-state index contributed by atoms with van der Waals surface area (Å²) in [6, 6.07) is 6.63. The van der Waals surface area contributed by atoms with Gasteiger partial charge in [0.15, 0.2) is 11.6 Å². The second-order valence-corrected chi connectivity index (χ2v) is 7.12. The molecule has 0 fully saturated rings. The highest BCUT2D eigenvalue weighted by molar-refractivity contribution is 6.03. The Morgan fingerprint density at radius 2 is 2.12 bits per heavy atom. The van der Waals surface area contributed by atoms with E-state index >= 15 is 0 Å². The molecule has 1 aliphatic rings. The smallest absolute Gasteiger partial charge is 0.256 e. The fraction of sp³-hybridized carbons (Fsp3) is 0.400. The van der Waals surface area contributed by atoms with Crippen LogP contribution in [0.1, 0.15) is 36.3 Å². The van der Waals surface area contributed by atoms with E-state index in [1.165, 1.54) is 6.07 Å². The molecule has 0 radical (unpaired) electrons. The van der Waals surface area contributed by atoms with Gasteiger partial charge in [0, 0.05) is 19.3 Å². The molecular formula is C20H24FN3O2. The number of hydrogen-bond acceptors (Lipinski definition) is 4. The van der Waals surface area contributed by atoms with Crippen molar-refractivity contribution in [1.29, 1.82) is 0 Å². The van der Waals surface area contributed by atoms with E-state index in [0.717, 1.165) is 12.1 Å². The van der Waals surface area contributed by atoms with Crippen molar-refractivity contribution in [3.63, 3.8) is 0 Å². The molecule has 26 heavy (non-hydrogen) atoms. The summed E-state index contributed by atoms with van der Waals surface area (Å²) >= 11 is 0. The Bertz CT molecular complexity index is 823. The number of nitrogens with zero attached hydrogens (tertiary/aromatic N) is 2. The van der Waals surface area contributed by atoms with Crippen molar-refractivity contribution >= 4 is 5.91 Å². The van der Waals surface area contributed by atoms with E-state index in [1.54, 1.807) is 36.3 Å². The van der Waals surface area contributed by atoms with Crippen molar-refractivity contribution in [2.24, 2.45) is 11.7 Å².